The second kappa shape index (κ2) is 7.28. The zero-order chi connectivity index (χ0) is 14.6. The van der Waals surface area contributed by atoms with E-state index < -0.39 is 0 Å². The molecule has 2 rings (SSSR count). The number of hydrogen-bond donors (Lipinski definition) is 1. The van der Waals surface area contributed by atoms with Gasteiger partial charge in [0.1, 0.15) is 5.82 Å². The van der Waals surface area contributed by atoms with Crippen LogP contribution in [-0.4, -0.2) is 23.1 Å². The van der Waals surface area contributed by atoms with E-state index in [4.69, 9.17) is 0 Å². The van der Waals surface area contributed by atoms with Gasteiger partial charge in [-0.1, -0.05) is 19.1 Å². The molecule has 1 N–H and O–H groups in total. The molecule has 1 aliphatic rings. The Morgan fingerprint density at radius 3 is 2.95 bits per heavy atom. The van der Waals surface area contributed by atoms with Gasteiger partial charge in [0, 0.05) is 10.8 Å². The molecule has 0 bridgehead atoms. The van der Waals surface area contributed by atoms with Crippen LogP contribution in [-0.2, 0) is 6.42 Å². The summed E-state index contributed by atoms with van der Waals surface area (Å²) in [4.78, 5) is 0. The summed E-state index contributed by atoms with van der Waals surface area (Å²) in [6.45, 7) is 5.56. The van der Waals surface area contributed by atoms with Crippen LogP contribution < -0.4 is 5.32 Å². The highest BCUT2D eigenvalue weighted by molar-refractivity contribution is 9.10. The second-order valence-corrected chi connectivity index (χ2v) is 8.11. The maximum absolute atomic E-state index is 13.7. The third-order valence-corrected chi connectivity index (χ3v) is 6.61. The summed E-state index contributed by atoms with van der Waals surface area (Å²) in [7, 11) is 0. The second-order valence-electron chi connectivity index (χ2n) is 5.69. The van der Waals surface area contributed by atoms with E-state index in [0.29, 0.717) is 10.5 Å². The van der Waals surface area contributed by atoms with Gasteiger partial charge in [-0.3, -0.25) is 0 Å². The van der Waals surface area contributed by atoms with E-state index >= 15 is 0 Å². The van der Waals surface area contributed by atoms with Gasteiger partial charge < -0.3 is 5.32 Å². The van der Waals surface area contributed by atoms with Crippen molar-refractivity contribution >= 4 is 27.7 Å². The van der Waals surface area contributed by atoms with E-state index in [1.807, 2.05) is 6.07 Å². The first kappa shape index (κ1) is 16.3. The van der Waals surface area contributed by atoms with Crippen molar-refractivity contribution < 1.29 is 4.39 Å². The van der Waals surface area contributed by atoms with Crippen molar-refractivity contribution in [3.63, 3.8) is 0 Å². The minimum absolute atomic E-state index is 0.166. The van der Waals surface area contributed by atoms with Crippen LogP contribution in [0.2, 0.25) is 0 Å². The van der Waals surface area contributed by atoms with Crippen LogP contribution in [0.25, 0.3) is 0 Å². The molecular weight excluding hydrogens is 337 g/mol. The normalized spacial score (nSPS) is 24.0. The van der Waals surface area contributed by atoms with E-state index in [1.54, 1.807) is 6.07 Å². The first-order chi connectivity index (χ1) is 9.57. The molecule has 0 aromatic heterocycles. The summed E-state index contributed by atoms with van der Waals surface area (Å²) in [6.07, 6.45) is 4.53. The molecule has 0 spiro atoms. The van der Waals surface area contributed by atoms with Gasteiger partial charge in [0.25, 0.3) is 0 Å². The third-order valence-electron chi connectivity index (χ3n) is 4.08. The highest BCUT2D eigenvalue weighted by Crippen LogP contribution is 2.41. The van der Waals surface area contributed by atoms with Crippen LogP contribution in [0.5, 0.6) is 0 Å². The smallest absolute Gasteiger partial charge is 0.137 e. The lowest BCUT2D eigenvalue weighted by atomic mass is 9.90. The van der Waals surface area contributed by atoms with Gasteiger partial charge in [0.05, 0.1) is 4.47 Å². The number of nitrogens with one attached hydrogen (secondary N) is 1. The van der Waals surface area contributed by atoms with Crippen LogP contribution in [0.1, 0.15) is 38.7 Å². The summed E-state index contributed by atoms with van der Waals surface area (Å²) in [5.41, 5.74) is 1.06. The van der Waals surface area contributed by atoms with Crippen LogP contribution in [0.15, 0.2) is 22.7 Å². The summed E-state index contributed by atoms with van der Waals surface area (Å²) in [5, 5.41) is 3.68. The van der Waals surface area contributed by atoms with Crippen molar-refractivity contribution in [3.8, 4) is 0 Å². The highest BCUT2D eigenvalue weighted by atomic mass is 79.9. The minimum Gasteiger partial charge on any atom is -0.312 e. The lowest BCUT2D eigenvalue weighted by Gasteiger charge is -2.34. The van der Waals surface area contributed by atoms with Crippen LogP contribution >= 0.6 is 27.7 Å². The number of thioether (sulfide) groups is 1. The fourth-order valence-electron chi connectivity index (χ4n) is 2.82. The lowest BCUT2D eigenvalue weighted by molar-refractivity contribution is 0.398. The molecule has 1 aliphatic heterocycles. The van der Waals surface area contributed by atoms with Gasteiger partial charge >= 0.3 is 0 Å². The SMILES string of the molecule is CCCNC(Cc1cccc(F)c1Br)C1(C)CCCS1. The van der Waals surface area contributed by atoms with E-state index in [1.165, 1.54) is 24.7 Å². The van der Waals surface area contributed by atoms with Crippen LogP contribution in [0.4, 0.5) is 4.39 Å². The molecule has 0 saturated carbocycles. The zero-order valence-electron chi connectivity index (χ0n) is 12.2. The summed E-state index contributed by atoms with van der Waals surface area (Å²) in [6, 6.07) is 5.73. The predicted molar refractivity (Wildman–Crippen MR) is 90.0 cm³/mol. The first-order valence-electron chi connectivity index (χ1n) is 7.37. The average molecular weight is 360 g/mol. The quantitative estimate of drug-likeness (QED) is 0.783. The van der Waals surface area contributed by atoms with Crippen molar-refractivity contribution in [2.24, 2.45) is 0 Å². The summed E-state index contributed by atoms with van der Waals surface area (Å²) >= 11 is 5.45. The summed E-state index contributed by atoms with van der Waals surface area (Å²) < 4.78 is 14.6. The van der Waals surface area contributed by atoms with Crippen LogP contribution in [0.3, 0.4) is 0 Å². The molecule has 20 heavy (non-hydrogen) atoms. The molecule has 4 heteroatoms. The van der Waals surface area contributed by atoms with Crippen molar-refractivity contribution in [2.75, 3.05) is 12.3 Å². The minimum atomic E-state index is -0.166. The van der Waals surface area contributed by atoms with E-state index in [-0.39, 0.29) is 10.6 Å². The highest BCUT2D eigenvalue weighted by Gasteiger charge is 2.37. The molecule has 1 nitrogen and oxygen atoms in total. The molecule has 2 atom stereocenters. The maximum atomic E-state index is 13.7. The molecule has 1 heterocycles. The Hall–Kier alpha value is -0.0600. The van der Waals surface area contributed by atoms with Crippen molar-refractivity contribution in [1.29, 1.82) is 0 Å². The predicted octanol–water partition coefficient (Wildman–Crippen LogP) is 4.78. The van der Waals surface area contributed by atoms with Gasteiger partial charge in [0.2, 0.25) is 0 Å². The molecule has 1 aromatic rings. The monoisotopic (exact) mass is 359 g/mol. The van der Waals surface area contributed by atoms with Crippen molar-refractivity contribution in [1.82, 2.24) is 5.32 Å². The van der Waals surface area contributed by atoms with Gasteiger partial charge in [-0.25, -0.2) is 4.39 Å². The Labute approximate surface area is 134 Å². The fourth-order valence-corrected chi connectivity index (χ4v) is 4.66. The molecule has 2 unspecified atom stereocenters. The zero-order valence-corrected chi connectivity index (χ0v) is 14.6. The molecule has 112 valence electrons. The topological polar surface area (TPSA) is 12.0 Å². The molecule has 0 aliphatic carbocycles. The Balaban J connectivity index is 2.16. The van der Waals surface area contributed by atoms with Crippen molar-refractivity contribution in [2.45, 2.75) is 50.3 Å². The fraction of sp³-hybridized carbons (Fsp3) is 0.625. The number of hydrogen-bond acceptors (Lipinski definition) is 2. The van der Waals surface area contributed by atoms with E-state index in [0.717, 1.165) is 24.9 Å². The largest absolute Gasteiger partial charge is 0.312 e. The number of halogens is 2. The molecule has 1 aromatic carbocycles. The molecule has 0 amide bonds. The third kappa shape index (κ3) is 3.77. The van der Waals surface area contributed by atoms with Gasteiger partial charge in [-0.15, -0.1) is 0 Å². The molecule has 1 fully saturated rings. The molecule has 1 saturated heterocycles. The Kier molecular flexibility index (Phi) is 5.94. The first-order valence-corrected chi connectivity index (χ1v) is 9.15. The molecule has 0 radical (unpaired) electrons. The van der Waals surface area contributed by atoms with Crippen molar-refractivity contribution in [3.05, 3.63) is 34.1 Å². The molecular formula is C16H23BrFNS. The Morgan fingerprint density at radius 1 is 1.50 bits per heavy atom. The van der Waals surface area contributed by atoms with Gasteiger partial charge in [-0.05, 0) is 72.5 Å². The Morgan fingerprint density at radius 2 is 2.30 bits per heavy atom. The standard InChI is InChI=1S/C16H23BrFNS/c1-3-9-19-14(16(2)8-5-10-20-16)11-12-6-4-7-13(18)15(12)17/h4,6-7,14,19H,3,5,8-11H2,1-2H3. The summed E-state index contributed by atoms with van der Waals surface area (Å²) in [5.74, 6) is 1.08. The average Bonchev–Trinajstić information content (AvgIpc) is 2.87. The van der Waals surface area contributed by atoms with Gasteiger partial charge in [-0.2, -0.15) is 11.8 Å². The van der Waals surface area contributed by atoms with E-state index in [2.05, 4.69) is 46.9 Å². The van der Waals surface area contributed by atoms with Crippen LogP contribution in [0, 0.1) is 5.82 Å². The maximum Gasteiger partial charge on any atom is 0.137 e. The van der Waals surface area contributed by atoms with E-state index in [9.17, 15) is 4.39 Å². The number of rotatable bonds is 6. The number of benzene rings is 1. The Bertz CT molecular complexity index is 446. The lowest BCUT2D eigenvalue weighted by Crippen LogP contribution is -2.47. The van der Waals surface area contributed by atoms with Gasteiger partial charge in [0.15, 0.2) is 0 Å².